The van der Waals surface area contributed by atoms with E-state index < -0.39 is 6.04 Å². The van der Waals surface area contributed by atoms with E-state index >= 15 is 0 Å². The van der Waals surface area contributed by atoms with Crippen LogP contribution in [-0.2, 0) is 16.1 Å². The highest BCUT2D eigenvalue weighted by Gasteiger charge is 2.31. The standard InChI is InChI=1S/C15H20N2O2/c1-10(2)12-5-3-11(4-6-12)9-17-14(18)8-7-13(16)15(17)19/h3-6,10,13H,7-9,16H2,1-2H3. The largest absolute Gasteiger partial charge is 0.320 e. The molecule has 0 saturated carbocycles. The number of carbonyl (C=O) groups is 2. The first-order chi connectivity index (χ1) is 8.99. The summed E-state index contributed by atoms with van der Waals surface area (Å²) in [6, 6.07) is 7.48. The molecule has 0 aliphatic carbocycles. The van der Waals surface area contributed by atoms with Gasteiger partial charge in [-0.2, -0.15) is 0 Å². The second kappa shape index (κ2) is 5.53. The minimum Gasteiger partial charge on any atom is -0.320 e. The molecule has 102 valence electrons. The molecule has 2 amide bonds. The lowest BCUT2D eigenvalue weighted by Crippen LogP contribution is -2.50. The molecule has 1 aromatic carbocycles. The van der Waals surface area contributed by atoms with E-state index in [0.717, 1.165) is 5.56 Å². The van der Waals surface area contributed by atoms with Crippen molar-refractivity contribution in [3.05, 3.63) is 35.4 Å². The van der Waals surface area contributed by atoms with Crippen molar-refractivity contribution in [1.29, 1.82) is 0 Å². The van der Waals surface area contributed by atoms with Crippen LogP contribution in [-0.4, -0.2) is 22.8 Å². The minimum absolute atomic E-state index is 0.125. The summed E-state index contributed by atoms with van der Waals surface area (Å²) in [7, 11) is 0. The highest BCUT2D eigenvalue weighted by molar-refractivity contribution is 6.00. The summed E-state index contributed by atoms with van der Waals surface area (Å²) in [5.74, 6) is 0.0875. The van der Waals surface area contributed by atoms with E-state index in [9.17, 15) is 9.59 Å². The van der Waals surface area contributed by atoms with Crippen LogP contribution in [0.15, 0.2) is 24.3 Å². The molecule has 1 fully saturated rings. The van der Waals surface area contributed by atoms with E-state index in [1.807, 2.05) is 24.3 Å². The fourth-order valence-electron chi connectivity index (χ4n) is 2.22. The van der Waals surface area contributed by atoms with Crippen LogP contribution < -0.4 is 5.73 Å². The Hall–Kier alpha value is -1.68. The van der Waals surface area contributed by atoms with Crippen LogP contribution in [0, 0.1) is 0 Å². The van der Waals surface area contributed by atoms with Gasteiger partial charge in [-0.3, -0.25) is 14.5 Å². The van der Waals surface area contributed by atoms with Crippen molar-refractivity contribution in [2.45, 2.75) is 45.2 Å². The average Bonchev–Trinajstić information content (AvgIpc) is 2.40. The summed E-state index contributed by atoms with van der Waals surface area (Å²) < 4.78 is 0. The van der Waals surface area contributed by atoms with Crippen molar-refractivity contribution < 1.29 is 9.59 Å². The van der Waals surface area contributed by atoms with E-state index in [1.165, 1.54) is 10.5 Å². The van der Waals surface area contributed by atoms with Gasteiger partial charge in [0, 0.05) is 6.42 Å². The van der Waals surface area contributed by atoms with Gasteiger partial charge in [-0.15, -0.1) is 0 Å². The number of imide groups is 1. The molecule has 1 aliphatic rings. The summed E-state index contributed by atoms with van der Waals surface area (Å²) >= 11 is 0. The van der Waals surface area contributed by atoms with Gasteiger partial charge in [-0.1, -0.05) is 38.1 Å². The first-order valence-electron chi connectivity index (χ1n) is 6.67. The van der Waals surface area contributed by atoms with Gasteiger partial charge in [-0.25, -0.2) is 0 Å². The van der Waals surface area contributed by atoms with Crippen molar-refractivity contribution in [3.63, 3.8) is 0 Å². The lowest BCUT2D eigenvalue weighted by atomic mass is 10.0. The summed E-state index contributed by atoms with van der Waals surface area (Å²) in [5.41, 5.74) is 7.91. The molecule has 0 bridgehead atoms. The lowest BCUT2D eigenvalue weighted by Gasteiger charge is -2.28. The quantitative estimate of drug-likeness (QED) is 0.843. The van der Waals surface area contributed by atoms with Gasteiger partial charge in [0.1, 0.15) is 0 Å². The maximum Gasteiger partial charge on any atom is 0.246 e. The molecule has 4 nitrogen and oxygen atoms in total. The van der Waals surface area contributed by atoms with Crippen molar-refractivity contribution in [2.24, 2.45) is 5.73 Å². The second-order valence-corrected chi connectivity index (χ2v) is 5.36. The van der Waals surface area contributed by atoms with Crippen LogP contribution in [0.2, 0.25) is 0 Å². The molecule has 1 aromatic rings. The van der Waals surface area contributed by atoms with Crippen molar-refractivity contribution >= 4 is 11.8 Å². The van der Waals surface area contributed by atoms with Crippen LogP contribution >= 0.6 is 0 Å². The lowest BCUT2D eigenvalue weighted by molar-refractivity contribution is -0.149. The van der Waals surface area contributed by atoms with Crippen molar-refractivity contribution in [1.82, 2.24) is 4.90 Å². The Bertz CT molecular complexity index is 479. The topological polar surface area (TPSA) is 63.4 Å². The fourth-order valence-corrected chi connectivity index (χ4v) is 2.22. The molecular formula is C15H20N2O2. The zero-order valence-corrected chi connectivity index (χ0v) is 11.4. The first-order valence-corrected chi connectivity index (χ1v) is 6.67. The molecule has 1 saturated heterocycles. The first kappa shape index (κ1) is 13.7. The summed E-state index contributed by atoms with van der Waals surface area (Å²) in [6.45, 7) is 4.58. The minimum atomic E-state index is -0.535. The molecule has 1 atom stereocenters. The summed E-state index contributed by atoms with van der Waals surface area (Å²) in [4.78, 5) is 25.0. The molecule has 4 heteroatoms. The van der Waals surface area contributed by atoms with Crippen LogP contribution in [0.25, 0.3) is 0 Å². The smallest absolute Gasteiger partial charge is 0.246 e. The van der Waals surface area contributed by atoms with Gasteiger partial charge in [0.25, 0.3) is 0 Å². The van der Waals surface area contributed by atoms with E-state index in [-0.39, 0.29) is 11.8 Å². The monoisotopic (exact) mass is 260 g/mol. The van der Waals surface area contributed by atoms with Gasteiger partial charge in [0.05, 0.1) is 12.6 Å². The Labute approximate surface area is 113 Å². The molecule has 2 rings (SSSR count). The van der Waals surface area contributed by atoms with Crippen molar-refractivity contribution in [2.75, 3.05) is 0 Å². The number of nitrogens with zero attached hydrogens (tertiary/aromatic N) is 1. The number of carbonyl (C=O) groups excluding carboxylic acids is 2. The Balaban J connectivity index is 2.11. The zero-order chi connectivity index (χ0) is 14.0. The van der Waals surface area contributed by atoms with Gasteiger partial charge < -0.3 is 5.73 Å². The number of likely N-dealkylation sites (tertiary alicyclic amines) is 1. The van der Waals surface area contributed by atoms with E-state index in [2.05, 4.69) is 13.8 Å². The number of nitrogens with two attached hydrogens (primary N) is 1. The Morgan fingerprint density at radius 3 is 2.47 bits per heavy atom. The summed E-state index contributed by atoms with van der Waals surface area (Å²) in [6.07, 6.45) is 0.817. The Kier molecular flexibility index (Phi) is 4.00. The molecule has 0 aromatic heterocycles. The summed E-state index contributed by atoms with van der Waals surface area (Å²) in [5, 5.41) is 0. The number of benzene rings is 1. The molecule has 0 radical (unpaired) electrons. The number of amides is 2. The molecule has 1 aliphatic heterocycles. The predicted octanol–water partition coefficient (Wildman–Crippen LogP) is 1.79. The van der Waals surface area contributed by atoms with Crippen LogP contribution in [0.3, 0.4) is 0 Å². The normalized spacial score (nSPS) is 20.2. The van der Waals surface area contributed by atoms with E-state index in [1.54, 1.807) is 0 Å². The Morgan fingerprint density at radius 1 is 1.26 bits per heavy atom. The zero-order valence-electron chi connectivity index (χ0n) is 11.4. The third kappa shape index (κ3) is 3.01. The van der Waals surface area contributed by atoms with Crippen molar-refractivity contribution in [3.8, 4) is 0 Å². The number of rotatable bonds is 3. The van der Waals surface area contributed by atoms with Crippen LogP contribution in [0.5, 0.6) is 0 Å². The van der Waals surface area contributed by atoms with Crippen LogP contribution in [0.1, 0.15) is 43.7 Å². The third-order valence-electron chi connectivity index (χ3n) is 3.54. The molecule has 1 unspecified atom stereocenters. The van der Waals surface area contributed by atoms with Gasteiger partial charge in [0.15, 0.2) is 0 Å². The highest BCUT2D eigenvalue weighted by atomic mass is 16.2. The molecular weight excluding hydrogens is 240 g/mol. The fraction of sp³-hybridized carbons (Fsp3) is 0.467. The number of piperidine rings is 1. The third-order valence-corrected chi connectivity index (χ3v) is 3.54. The van der Waals surface area contributed by atoms with Gasteiger partial charge in [-0.05, 0) is 23.5 Å². The molecule has 19 heavy (non-hydrogen) atoms. The van der Waals surface area contributed by atoms with Gasteiger partial charge >= 0.3 is 0 Å². The average molecular weight is 260 g/mol. The number of hydrogen-bond donors (Lipinski definition) is 1. The second-order valence-electron chi connectivity index (χ2n) is 5.36. The maximum atomic E-state index is 11.9. The van der Waals surface area contributed by atoms with Crippen LogP contribution in [0.4, 0.5) is 0 Å². The van der Waals surface area contributed by atoms with Gasteiger partial charge in [0.2, 0.25) is 11.8 Å². The predicted molar refractivity (Wildman–Crippen MR) is 73.3 cm³/mol. The van der Waals surface area contributed by atoms with E-state index in [4.69, 9.17) is 5.73 Å². The Morgan fingerprint density at radius 2 is 1.89 bits per heavy atom. The highest BCUT2D eigenvalue weighted by Crippen LogP contribution is 2.18. The molecule has 2 N–H and O–H groups in total. The maximum absolute atomic E-state index is 11.9. The number of hydrogen-bond acceptors (Lipinski definition) is 3. The molecule has 0 spiro atoms. The molecule has 1 heterocycles. The SMILES string of the molecule is CC(C)c1ccc(CN2C(=O)CCC(N)C2=O)cc1. The van der Waals surface area contributed by atoms with E-state index in [0.29, 0.717) is 25.3 Å².